The number of nitrogens with two attached hydrogens (primary N) is 1. The first-order valence-electron chi connectivity index (χ1n) is 7.98. The highest BCUT2D eigenvalue weighted by atomic mass is 19.4. The summed E-state index contributed by atoms with van der Waals surface area (Å²) in [6, 6.07) is 4.19. The topological polar surface area (TPSA) is 61.0 Å². The Morgan fingerprint density at radius 3 is 2.40 bits per heavy atom. The molecule has 0 aliphatic heterocycles. The molecule has 0 aliphatic rings. The van der Waals surface area contributed by atoms with Crippen molar-refractivity contribution in [3.05, 3.63) is 42.4 Å². The Balaban J connectivity index is 2.29. The molecule has 2 aromatic heterocycles. The lowest BCUT2D eigenvalue weighted by Gasteiger charge is -2.27. The van der Waals surface area contributed by atoms with Crippen molar-refractivity contribution in [3.8, 4) is 17.0 Å². The number of ether oxygens (including phenoxy) is 1. The summed E-state index contributed by atoms with van der Waals surface area (Å²) in [6.45, 7) is 5.73. The van der Waals surface area contributed by atoms with E-state index in [1.54, 1.807) is 19.1 Å². The third-order valence-electron chi connectivity index (χ3n) is 3.58. The van der Waals surface area contributed by atoms with E-state index in [-0.39, 0.29) is 18.1 Å². The van der Waals surface area contributed by atoms with Crippen molar-refractivity contribution in [2.45, 2.75) is 38.9 Å². The van der Waals surface area contributed by atoms with E-state index in [1.807, 2.05) is 13.8 Å². The number of nitrogens with zero attached hydrogens (tertiary/aromatic N) is 2. The van der Waals surface area contributed by atoms with Crippen molar-refractivity contribution in [3.63, 3.8) is 0 Å². The van der Waals surface area contributed by atoms with Gasteiger partial charge in [0.25, 0.3) is 0 Å². The highest BCUT2D eigenvalue weighted by Crippen LogP contribution is 2.38. The Kier molecular flexibility index (Phi) is 5.67. The van der Waals surface area contributed by atoms with Crippen molar-refractivity contribution in [2.24, 2.45) is 11.7 Å². The molecule has 0 saturated heterocycles. The zero-order valence-corrected chi connectivity index (χ0v) is 14.5. The molecule has 2 heterocycles. The highest BCUT2D eigenvalue weighted by molar-refractivity contribution is 5.60. The Morgan fingerprint density at radius 1 is 1.20 bits per heavy atom. The summed E-state index contributed by atoms with van der Waals surface area (Å²) in [5.41, 5.74) is 5.28. The van der Waals surface area contributed by atoms with Crippen LogP contribution >= 0.6 is 0 Å². The number of rotatable bonds is 6. The molecule has 25 heavy (non-hydrogen) atoms. The maximum atomic E-state index is 13.4. The van der Waals surface area contributed by atoms with Crippen molar-refractivity contribution in [1.29, 1.82) is 0 Å². The minimum Gasteiger partial charge on any atom is -0.489 e. The van der Waals surface area contributed by atoms with Gasteiger partial charge in [0.1, 0.15) is 17.9 Å². The fraction of sp³-hybridized carbons (Fsp3) is 0.444. The Bertz CT molecular complexity index is 700. The molecule has 7 heteroatoms. The molecule has 2 aromatic rings. The molecule has 136 valence electrons. The van der Waals surface area contributed by atoms with Gasteiger partial charge < -0.3 is 10.5 Å². The molecule has 0 amide bonds. The van der Waals surface area contributed by atoms with Crippen LogP contribution in [0, 0.1) is 5.92 Å². The van der Waals surface area contributed by atoms with E-state index >= 15 is 0 Å². The molecule has 2 N–H and O–H groups in total. The summed E-state index contributed by atoms with van der Waals surface area (Å²) < 4.78 is 45.7. The third-order valence-corrected chi connectivity index (χ3v) is 3.58. The number of hydrogen-bond donors (Lipinski definition) is 1. The van der Waals surface area contributed by atoms with E-state index in [0.717, 1.165) is 12.3 Å². The smallest absolute Gasteiger partial charge is 0.420 e. The lowest BCUT2D eigenvalue weighted by molar-refractivity contribution is -0.139. The fourth-order valence-electron chi connectivity index (χ4n) is 2.69. The minimum absolute atomic E-state index is 0.0233. The first-order chi connectivity index (χ1) is 11.6. The molecule has 0 radical (unpaired) electrons. The van der Waals surface area contributed by atoms with Gasteiger partial charge in [0.05, 0.1) is 11.9 Å². The molecule has 0 saturated carbocycles. The van der Waals surface area contributed by atoms with Crippen LogP contribution in [0.3, 0.4) is 0 Å². The summed E-state index contributed by atoms with van der Waals surface area (Å²) in [6.07, 6.45) is 0.185. The average Bonchev–Trinajstić information content (AvgIpc) is 2.51. The van der Waals surface area contributed by atoms with Crippen LogP contribution in [0.5, 0.6) is 5.75 Å². The van der Waals surface area contributed by atoms with Crippen molar-refractivity contribution >= 4 is 0 Å². The molecular weight excluding hydrogens is 331 g/mol. The summed E-state index contributed by atoms with van der Waals surface area (Å²) >= 11 is 0. The van der Waals surface area contributed by atoms with Gasteiger partial charge in [-0.25, -0.2) is 0 Å². The molecule has 2 rings (SSSR count). The summed E-state index contributed by atoms with van der Waals surface area (Å²) in [7, 11) is 0. The second-order valence-electron chi connectivity index (χ2n) is 6.84. The van der Waals surface area contributed by atoms with Gasteiger partial charge in [-0.2, -0.15) is 13.2 Å². The van der Waals surface area contributed by atoms with E-state index in [9.17, 15) is 13.2 Å². The van der Waals surface area contributed by atoms with Gasteiger partial charge in [0.2, 0.25) is 0 Å². The lowest BCUT2D eigenvalue weighted by Crippen LogP contribution is -2.43. The first kappa shape index (κ1) is 19.2. The normalized spacial score (nSPS) is 14.4. The van der Waals surface area contributed by atoms with Crippen LogP contribution in [-0.4, -0.2) is 22.1 Å². The van der Waals surface area contributed by atoms with E-state index in [4.69, 9.17) is 10.5 Å². The molecule has 4 nitrogen and oxygen atoms in total. The molecule has 0 spiro atoms. The Hall–Kier alpha value is -2.15. The zero-order chi connectivity index (χ0) is 18.7. The van der Waals surface area contributed by atoms with Crippen LogP contribution in [-0.2, 0) is 6.18 Å². The summed E-state index contributed by atoms with van der Waals surface area (Å²) in [5.74, 6) is -0.00128. The van der Waals surface area contributed by atoms with Crippen LogP contribution in [0.25, 0.3) is 11.3 Å². The summed E-state index contributed by atoms with van der Waals surface area (Å²) in [4.78, 5) is 7.94. The number of pyridine rings is 2. The van der Waals surface area contributed by atoms with E-state index < -0.39 is 17.3 Å². The molecular formula is C18H22F3N3O. The standard InChI is InChI=1S/C18H22F3N3O/c1-12(2)9-17(3,22)11-25-16-10-24-15(8-14(16)18(19,20)21)13-4-6-23-7-5-13/h4-8,10,12H,9,11,22H2,1-3H3. The molecule has 1 atom stereocenters. The number of aromatic nitrogens is 2. The average molecular weight is 353 g/mol. The maximum absolute atomic E-state index is 13.4. The molecule has 0 fully saturated rings. The minimum atomic E-state index is -4.55. The monoisotopic (exact) mass is 353 g/mol. The van der Waals surface area contributed by atoms with E-state index in [0.29, 0.717) is 17.9 Å². The Morgan fingerprint density at radius 2 is 1.84 bits per heavy atom. The third kappa shape index (κ3) is 5.42. The van der Waals surface area contributed by atoms with Crippen molar-refractivity contribution in [1.82, 2.24) is 9.97 Å². The SMILES string of the molecule is CC(C)CC(C)(N)COc1cnc(-c2ccncc2)cc1C(F)(F)F. The number of alkyl halides is 3. The van der Waals surface area contributed by atoms with Crippen LogP contribution in [0.15, 0.2) is 36.8 Å². The largest absolute Gasteiger partial charge is 0.489 e. The first-order valence-corrected chi connectivity index (χ1v) is 7.98. The number of hydrogen-bond acceptors (Lipinski definition) is 4. The quantitative estimate of drug-likeness (QED) is 0.841. The van der Waals surface area contributed by atoms with Crippen molar-refractivity contribution in [2.75, 3.05) is 6.61 Å². The number of halogens is 3. The van der Waals surface area contributed by atoms with Gasteiger partial charge >= 0.3 is 6.18 Å². The second kappa shape index (κ2) is 7.39. The Labute approximate surface area is 145 Å². The maximum Gasteiger partial charge on any atom is 0.420 e. The van der Waals surface area contributed by atoms with Gasteiger partial charge in [0.15, 0.2) is 0 Å². The van der Waals surface area contributed by atoms with Gasteiger partial charge in [0, 0.05) is 23.5 Å². The predicted molar refractivity (Wildman–Crippen MR) is 90.0 cm³/mol. The van der Waals surface area contributed by atoms with E-state index in [1.165, 1.54) is 12.4 Å². The van der Waals surface area contributed by atoms with E-state index in [2.05, 4.69) is 9.97 Å². The molecule has 0 aliphatic carbocycles. The molecule has 0 bridgehead atoms. The van der Waals surface area contributed by atoms with Gasteiger partial charge in [-0.1, -0.05) is 13.8 Å². The van der Waals surface area contributed by atoms with Gasteiger partial charge in [-0.3, -0.25) is 9.97 Å². The second-order valence-corrected chi connectivity index (χ2v) is 6.84. The molecule has 0 aromatic carbocycles. The van der Waals surface area contributed by atoms with Gasteiger partial charge in [-0.05, 0) is 37.5 Å². The lowest BCUT2D eigenvalue weighted by atomic mass is 9.93. The fourth-order valence-corrected chi connectivity index (χ4v) is 2.69. The van der Waals surface area contributed by atoms with Gasteiger partial charge in [-0.15, -0.1) is 0 Å². The predicted octanol–water partition coefficient (Wildman–Crippen LogP) is 4.30. The van der Waals surface area contributed by atoms with Crippen LogP contribution in [0.1, 0.15) is 32.8 Å². The van der Waals surface area contributed by atoms with Crippen molar-refractivity contribution < 1.29 is 17.9 Å². The zero-order valence-electron chi connectivity index (χ0n) is 14.5. The van der Waals surface area contributed by atoms with Crippen LogP contribution in [0.4, 0.5) is 13.2 Å². The van der Waals surface area contributed by atoms with Crippen LogP contribution < -0.4 is 10.5 Å². The van der Waals surface area contributed by atoms with Crippen LogP contribution in [0.2, 0.25) is 0 Å². The highest BCUT2D eigenvalue weighted by Gasteiger charge is 2.36. The molecule has 1 unspecified atom stereocenters. The summed E-state index contributed by atoms with van der Waals surface area (Å²) in [5, 5.41) is 0.